The van der Waals surface area contributed by atoms with Crippen LogP contribution in [0.2, 0.25) is 0 Å². The molecule has 2 rings (SSSR count). The molecule has 0 spiro atoms. The summed E-state index contributed by atoms with van der Waals surface area (Å²) in [6.45, 7) is 6.53. The minimum Gasteiger partial charge on any atom is -0.324 e. The van der Waals surface area contributed by atoms with Crippen molar-refractivity contribution in [3.05, 3.63) is 70.3 Å². The molecule has 0 heterocycles. The Kier molecular flexibility index (Phi) is 4.39. The van der Waals surface area contributed by atoms with E-state index in [-0.39, 0.29) is 6.04 Å². The molecule has 100 valence electrons. The number of hydrogen-bond acceptors (Lipinski definition) is 1. The molecule has 0 aliphatic heterocycles. The zero-order valence-corrected chi connectivity index (χ0v) is 12.1. The highest BCUT2D eigenvalue weighted by Gasteiger charge is 2.08. The van der Waals surface area contributed by atoms with Crippen molar-refractivity contribution in [2.45, 2.75) is 39.7 Å². The molecule has 0 bridgehead atoms. The molecule has 0 aliphatic rings. The Morgan fingerprint density at radius 2 is 1.53 bits per heavy atom. The first-order valence-electron chi connectivity index (χ1n) is 6.95. The molecule has 0 fully saturated rings. The largest absolute Gasteiger partial charge is 0.324 e. The molecule has 19 heavy (non-hydrogen) atoms. The van der Waals surface area contributed by atoms with Gasteiger partial charge in [0, 0.05) is 6.04 Å². The van der Waals surface area contributed by atoms with Crippen molar-refractivity contribution in [1.82, 2.24) is 0 Å². The van der Waals surface area contributed by atoms with E-state index in [1.807, 2.05) is 6.07 Å². The van der Waals surface area contributed by atoms with E-state index in [2.05, 4.69) is 57.2 Å². The van der Waals surface area contributed by atoms with Crippen LogP contribution in [-0.2, 0) is 6.42 Å². The molecule has 2 aromatic rings. The van der Waals surface area contributed by atoms with Gasteiger partial charge in [0.05, 0.1) is 0 Å². The summed E-state index contributed by atoms with van der Waals surface area (Å²) in [7, 11) is 0. The first-order valence-corrected chi connectivity index (χ1v) is 6.95. The fourth-order valence-electron chi connectivity index (χ4n) is 2.47. The lowest BCUT2D eigenvalue weighted by molar-refractivity contribution is 0.650. The van der Waals surface area contributed by atoms with Crippen molar-refractivity contribution in [2.75, 3.05) is 0 Å². The molecule has 2 N–H and O–H groups in total. The summed E-state index contributed by atoms with van der Waals surface area (Å²) in [4.78, 5) is 0. The van der Waals surface area contributed by atoms with Crippen LogP contribution in [0.5, 0.6) is 0 Å². The van der Waals surface area contributed by atoms with Crippen molar-refractivity contribution in [3.63, 3.8) is 0 Å². The summed E-state index contributed by atoms with van der Waals surface area (Å²) in [6, 6.07) is 15.1. The maximum Gasteiger partial charge on any atom is 0.0298 e. The Labute approximate surface area is 116 Å². The molecule has 2 aromatic carbocycles. The molecule has 0 aliphatic carbocycles. The third-order valence-corrected chi connectivity index (χ3v) is 3.90. The molecule has 0 saturated carbocycles. The molecule has 1 nitrogen and oxygen atoms in total. The average molecular weight is 253 g/mol. The summed E-state index contributed by atoms with van der Waals surface area (Å²) in [5.74, 6) is 0. The van der Waals surface area contributed by atoms with Crippen LogP contribution in [0.1, 0.15) is 40.3 Å². The summed E-state index contributed by atoms with van der Waals surface area (Å²) in [5, 5.41) is 0. The summed E-state index contributed by atoms with van der Waals surface area (Å²) >= 11 is 0. The molecule has 0 amide bonds. The fourth-order valence-corrected chi connectivity index (χ4v) is 2.47. The third kappa shape index (κ3) is 3.45. The van der Waals surface area contributed by atoms with Crippen LogP contribution < -0.4 is 5.73 Å². The van der Waals surface area contributed by atoms with Gasteiger partial charge < -0.3 is 5.73 Å². The molecule has 1 atom stereocenters. The highest BCUT2D eigenvalue weighted by molar-refractivity contribution is 5.36. The van der Waals surface area contributed by atoms with Crippen LogP contribution in [0.3, 0.4) is 0 Å². The standard InChI is InChI=1S/C18H23N/c1-13-11-15(3)17(12-14(13)2)9-10-18(19)16-7-5-4-6-8-16/h4-8,11-12,18H,9-10,19H2,1-3H3. The molecule has 0 saturated heterocycles. The molecule has 0 aromatic heterocycles. The molecule has 1 heteroatoms. The van der Waals surface area contributed by atoms with Crippen molar-refractivity contribution < 1.29 is 0 Å². The zero-order chi connectivity index (χ0) is 13.8. The smallest absolute Gasteiger partial charge is 0.0298 e. The average Bonchev–Trinajstić information content (AvgIpc) is 2.42. The first kappa shape index (κ1) is 13.8. The van der Waals surface area contributed by atoms with Crippen molar-refractivity contribution in [3.8, 4) is 0 Å². The van der Waals surface area contributed by atoms with Crippen LogP contribution in [0.25, 0.3) is 0 Å². The van der Waals surface area contributed by atoms with E-state index in [0.29, 0.717) is 0 Å². The Morgan fingerprint density at radius 3 is 2.21 bits per heavy atom. The van der Waals surface area contributed by atoms with Gasteiger partial charge in [-0.1, -0.05) is 42.5 Å². The van der Waals surface area contributed by atoms with Crippen molar-refractivity contribution >= 4 is 0 Å². The topological polar surface area (TPSA) is 26.0 Å². The summed E-state index contributed by atoms with van der Waals surface area (Å²) < 4.78 is 0. The van der Waals surface area contributed by atoms with Gasteiger partial charge in [-0.15, -0.1) is 0 Å². The predicted molar refractivity (Wildman–Crippen MR) is 82.3 cm³/mol. The van der Waals surface area contributed by atoms with E-state index >= 15 is 0 Å². The number of hydrogen-bond donors (Lipinski definition) is 1. The normalized spacial score (nSPS) is 12.4. The third-order valence-electron chi connectivity index (χ3n) is 3.90. The molecular weight excluding hydrogens is 230 g/mol. The van der Waals surface area contributed by atoms with Gasteiger partial charge in [0.15, 0.2) is 0 Å². The van der Waals surface area contributed by atoms with Crippen LogP contribution in [0, 0.1) is 20.8 Å². The van der Waals surface area contributed by atoms with E-state index in [1.165, 1.54) is 27.8 Å². The number of rotatable bonds is 4. The minimum absolute atomic E-state index is 0.127. The van der Waals surface area contributed by atoms with Gasteiger partial charge in [-0.3, -0.25) is 0 Å². The van der Waals surface area contributed by atoms with Gasteiger partial charge in [0.1, 0.15) is 0 Å². The van der Waals surface area contributed by atoms with Crippen LogP contribution in [0.15, 0.2) is 42.5 Å². The highest BCUT2D eigenvalue weighted by atomic mass is 14.6. The van der Waals surface area contributed by atoms with Gasteiger partial charge >= 0.3 is 0 Å². The number of aryl methyl sites for hydroxylation is 4. The van der Waals surface area contributed by atoms with Crippen molar-refractivity contribution in [1.29, 1.82) is 0 Å². The molecular formula is C18H23N. The Bertz CT molecular complexity index is 543. The zero-order valence-electron chi connectivity index (χ0n) is 12.1. The predicted octanol–water partition coefficient (Wildman–Crippen LogP) is 4.24. The monoisotopic (exact) mass is 253 g/mol. The maximum absolute atomic E-state index is 6.26. The van der Waals surface area contributed by atoms with Crippen LogP contribution in [-0.4, -0.2) is 0 Å². The SMILES string of the molecule is Cc1cc(C)c(CCC(N)c2ccccc2)cc1C. The number of nitrogens with two attached hydrogens (primary N) is 1. The van der Waals surface area contributed by atoms with E-state index in [9.17, 15) is 0 Å². The van der Waals surface area contributed by atoms with Gasteiger partial charge in [-0.05, 0) is 61.4 Å². The van der Waals surface area contributed by atoms with Crippen LogP contribution in [0.4, 0.5) is 0 Å². The second-order valence-corrected chi connectivity index (χ2v) is 5.42. The van der Waals surface area contributed by atoms with E-state index < -0.39 is 0 Å². The van der Waals surface area contributed by atoms with Gasteiger partial charge in [0.2, 0.25) is 0 Å². The maximum atomic E-state index is 6.26. The summed E-state index contributed by atoms with van der Waals surface area (Å²) in [6.07, 6.45) is 2.04. The first-order chi connectivity index (χ1) is 9.08. The van der Waals surface area contributed by atoms with Crippen molar-refractivity contribution in [2.24, 2.45) is 5.73 Å². The summed E-state index contributed by atoms with van der Waals surface area (Å²) in [5.41, 5.74) is 13.0. The lowest BCUT2D eigenvalue weighted by Crippen LogP contribution is -2.11. The van der Waals surface area contributed by atoms with Gasteiger partial charge in [0.25, 0.3) is 0 Å². The second kappa shape index (κ2) is 6.03. The Hall–Kier alpha value is -1.60. The van der Waals surface area contributed by atoms with E-state index in [0.717, 1.165) is 12.8 Å². The number of benzene rings is 2. The lowest BCUT2D eigenvalue weighted by Gasteiger charge is -2.14. The van der Waals surface area contributed by atoms with Crippen LogP contribution >= 0.6 is 0 Å². The fraction of sp³-hybridized carbons (Fsp3) is 0.333. The minimum atomic E-state index is 0.127. The Morgan fingerprint density at radius 1 is 0.895 bits per heavy atom. The van der Waals surface area contributed by atoms with Gasteiger partial charge in [-0.25, -0.2) is 0 Å². The quantitative estimate of drug-likeness (QED) is 0.866. The van der Waals surface area contributed by atoms with E-state index in [1.54, 1.807) is 0 Å². The lowest BCUT2D eigenvalue weighted by atomic mass is 9.94. The Balaban J connectivity index is 2.05. The van der Waals surface area contributed by atoms with E-state index in [4.69, 9.17) is 5.73 Å². The highest BCUT2D eigenvalue weighted by Crippen LogP contribution is 2.20. The molecule has 1 unspecified atom stereocenters. The second-order valence-electron chi connectivity index (χ2n) is 5.42. The van der Waals surface area contributed by atoms with Gasteiger partial charge in [-0.2, -0.15) is 0 Å². The molecule has 0 radical (unpaired) electrons.